The molecule has 5 heteroatoms. The first-order valence-corrected chi connectivity index (χ1v) is 16.5. The summed E-state index contributed by atoms with van der Waals surface area (Å²) in [5, 5.41) is 4.38. The molecule has 1 unspecified atom stereocenters. The van der Waals surface area contributed by atoms with Crippen LogP contribution in [0.3, 0.4) is 0 Å². The fourth-order valence-electron chi connectivity index (χ4n) is 7.10. The van der Waals surface area contributed by atoms with Crippen molar-refractivity contribution in [2.24, 2.45) is 16.3 Å². The molecule has 0 spiro atoms. The lowest BCUT2D eigenvalue weighted by Crippen LogP contribution is -2.39. The molecule has 0 amide bonds. The molecule has 1 fully saturated rings. The third-order valence-electron chi connectivity index (χ3n) is 9.66. The molecule has 4 rings (SSSR count). The Bertz CT molecular complexity index is 1240. The molecule has 1 aromatic carbocycles. The Labute approximate surface area is 256 Å². The van der Waals surface area contributed by atoms with Crippen molar-refractivity contribution in [3.05, 3.63) is 70.1 Å². The number of aryl methyl sites for hydroxylation is 2. The van der Waals surface area contributed by atoms with Crippen LogP contribution in [-0.2, 0) is 24.1 Å². The van der Waals surface area contributed by atoms with Gasteiger partial charge in [-0.15, -0.1) is 0 Å². The van der Waals surface area contributed by atoms with Crippen molar-refractivity contribution in [2.75, 3.05) is 26.8 Å². The molecule has 2 atom stereocenters. The number of hydrogen-bond acceptors (Lipinski definition) is 4. The molecule has 0 bridgehead atoms. The maximum absolute atomic E-state index is 5.66. The Morgan fingerprint density at radius 1 is 1.24 bits per heavy atom. The molecule has 2 aliphatic heterocycles. The Morgan fingerprint density at radius 3 is 2.76 bits per heavy atom. The quantitative estimate of drug-likeness (QED) is 0.168. The van der Waals surface area contributed by atoms with Gasteiger partial charge < -0.3 is 4.74 Å². The van der Waals surface area contributed by atoms with Crippen LogP contribution in [0.15, 0.2) is 52.8 Å². The predicted molar refractivity (Wildman–Crippen MR) is 178 cm³/mol. The highest BCUT2D eigenvalue weighted by Gasteiger charge is 2.31. The van der Waals surface area contributed by atoms with Gasteiger partial charge in [-0.2, -0.15) is 5.10 Å². The van der Waals surface area contributed by atoms with E-state index in [2.05, 4.69) is 88.2 Å². The molecule has 0 saturated carbocycles. The van der Waals surface area contributed by atoms with Crippen molar-refractivity contribution in [1.82, 2.24) is 14.7 Å². The lowest BCUT2D eigenvalue weighted by atomic mass is 9.73. The van der Waals surface area contributed by atoms with E-state index in [-0.39, 0.29) is 5.41 Å². The predicted octanol–water partition coefficient (Wildman–Crippen LogP) is 8.46. The molecule has 3 heterocycles. The summed E-state index contributed by atoms with van der Waals surface area (Å²) < 4.78 is 7.56. The standard InChI is InChI=1S/C37H56N4O/c1-8-9-12-29(3)35(30(4)36(38-7)37(5,6)19-10-11-20-41-25-28(2)24-39-41)16-14-31-13-15-33-26-40(21-17-32(33)23-31)34-18-22-42-27-34/h11,13,15,20,23-25,30,34H,8-10,12,14,16-19,21-22,26-27H2,1-7H3/b20-11+,35-29-,38-36?/t30?,34-/m1/s1. The third-order valence-corrected chi connectivity index (χ3v) is 9.66. The first-order valence-electron chi connectivity index (χ1n) is 16.5. The van der Waals surface area contributed by atoms with Gasteiger partial charge in [0, 0.05) is 62.2 Å². The van der Waals surface area contributed by atoms with Crippen LogP contribution in [0.2, 0.25) is 0 Å². The largest absolute Gasteiger partial charge is 0.380 e. The summed E-state index contributed by atoms with van der Waals surface area (Å²) in [7, 11) is 2.00. The third kappa shape index (κ3) is 8.54. The van der Waals surface area contributed by atoms with Gasteiger partial charge in [0.2, 0.25) is 0 Å². The number of benzene rings is 1. The van der Waals surface area contributed by atoms with Crippen LogP contribution in [0.4, 0.5) is 0 Å². The van der Waals surface area contributed by atoms with Gasteiger partial charge in [-0.25, -0.2) is 4.68 Å². The normalized spacial score (nSPS) is 19.8. The highest BCUT2D eigenvalue weighted by Crippen LogP contribution is 2.35. The minimum atomic E-state index is 0.0247. The van der Waals surface area contributed by atoms with Crippen molar-refractivity contribution in [2.45, 2.75) is 112 Å². The molecule has 0 aliphatic carbocycles. The second-order valence-electron chi connectivity index (χ2n) is 13.4. The molecule has 5 nitrogen and oxygen atoms in total. The van der Waals surface area contributed by atoms with Crippen LogP contribution < -0.4 is 0 Å². The molecular formula is C37H56N4O. The zero-order valence-electron chi connectivity index (χ0n) is 27.6. The fourth-order valence-corrected chi connectivity index (χ4v) is 7.10. The first-order chi connectivity index (χ1) is 20.2. The van der Waals surface area contributed by atoms with Crippen LogP contribution in [0, 0.1) is 18.3 Å². The second-order valence-corrected chi connectivity index (χ2v) is 13.4. The molecule has 2 aliphatic rings. The van der Waals surface area contributed by atoms with Crippen LogP contribution >= 0.6 is 0 Å². The Balaban J connectivity index is 1.43. The van der Waals surface area contributed by atoms with E-state index in [9.17, 15) is 0 Å². The van der Waals surface area contributed by atoms with E-state index in [1.807, 2.05) is 17.9 Å². The molecule has 42 heavy (non-hydrogen) atoms. The van der Waals surface area contributed by atoms with Gasteiger partial charge in [0.05, 0.1) is 12.8 Å². The molecule has 230 valence electrons. The number of ether oxygens (including phenoxy) is 1. The number of nitrogens with zero attached hydrogens (tertiary/aromatic N) is 4. The first kappa shape index (κ1) is 32.4. The minimum absolute atomic E-state index is 0.0247. The summed E-state index contributed by atoms with van der Waals surface area (Å²) in [6, 6.07) is 7.91. The maximum Gasteiger partial charge on any atom is 0.0622 e. The number of aromatic nitrogens is 2. The average molecular weight is 573 g/mol. The zero-order chi connectivity index (χ0) is 30.1. The van der Waals surface area contributed by atoms with Crippen LogP contribution in [0.5, 0.6) is 0 Å². The van der Waals surface area contributed by atoms with E-state index in [1.165, 1.54) is 48.1 Å². The van der Waals surface area contributed by atoms with Gasteiger partial charge in [-0.1, -0.05) is 69.5 Å². The maximum atomic E-state index is 5.66. The van der Waals surface area contributed by atoms with Crippen molar-refractivity contribution in [1.29, 1.82) is 0 Å². The highest BCUT2D eigenvalue weighted by molar-refractivity contribution is 5.93. The Kier molecular flexibility index (Phi) is 11.8. The van der Waals surface area contributed by atoms with Gasteiger partial charge in [-0.05, 0) is 87.5 Å². The summed E-state index contributed by atoms with van der Waals surface area (Å²) in [6.45, 7) is 18.0. The van der Waals surface area contributed by atoms with Gasteiger partial charge >= 0.3 is 0 Å². The van der Waals surface area contributed by atoms with E-state index in [0.29, 0.717) is 12.0 Å². The monoisotopic (exact) mass is 572 g/mol. The second kappa shape index (κ2) is 15.3. The number of fused-ring (bicyclic) bond motifs is 1. The highest BCUT2D eigenvalue weighted by atomic mass is 16.5. The molecule has 1 saturated heterocycles. The summed E-state index contributed by atoms with van der Waals surface area (Å²) in [5.41, 5.74) is 10.3. The van der Waals surface area contributed by atoms with E-state index in [4.69, 9.17) is 9.73 Å². The SMILES string of the molecule is CCCC/C(C)=C(/CCc1ccc2c(c1)CCN([C@@H]1CCOC1)C2)C(C)C(=NC)C(C)(C)CC/C=C/n1cc(C)cn1. The van der Waals surface area contributed by atoms with E-state index in [0.717, 1.165) is 58.4 Å². The molecule has 1 aromatic heterocycles. The Morgan fingerprint density at radius 2 is 2.07 bits per heavy atom. The van der Waals surface area contributed by atoms with Crippen molar-refractivity contribution < 1.29 is 4.74 Å². The molecule has 0 radical (unpaired) electrons. The summed E-state index contributed by atoms with van der Waals surface area (Å²) in [6.07, 6.45) is 18.6. The molecule has 0 N–H and O–H groups in total. The van der Waals surface area contributed by atoms with Crippen molar-refractivity contribution in [3.8, 4) is 0 Å². The van der Waals surface area contributed by atoms with Gasteiger partial charge in [-0.3, -0.25) is 9.89 Å². The van der Waals surface area contributed by atoms with E-state index in [1.54, 1.807) is 16.7 Å². The molecular weight excluding hydrogens is 516 g/mol. The summed E-state index contributed by atoms with van der Waals surface area (Å²) in [4.78, 5) is 7.60. The Hall–Kier alpha value is -2.50. The number of aliphatic imine (C=N–C) groups is 1. The smallest absolute Gasteiger partial charge is 0.0622 e. The van der Waals surface area contributed by atoms with Crippen LogP contribution in [0.25, 0.3) is 6.20 Å². The number of hydrogen-bond donors (Lipinski definition) is 0. The minimum Gasteiger partial charge on any atom is -0.380 e. The van der Waals surface area contributed by atoms with Gasteiger partial charge in [0.1, 0.15) is 0 Å². The van der Waals surface area contributed by atoms with Crippen molar-refractivity contribution >= 4 is 11.9 Å². The summed E-state index contributed by atoms with van der Waals surface area (Å²) in [5.74, 6) is 0.347. The van der Waals surface area contributed by atoms with Crippen LogP contribution in [-0.4, -0.2) is 53.2 Å². The van der Waals surface area contributed by atoms with Crippen LogP contribution in [0.1, 0.15) is 102 Å². The van der Waals surface area contributed by atoms with E-state index >= 15 is 0 Å². The molecule has 2 aromatic rings. The van der Waals surface area contributed by atoms with Gasteiger partial charge in [0.15, 0.2) is 0 Å². The topological polar surface area (TPSA) is 42.6 Å². The van der Waals surface area contributed by atoms with Gasteiger partial charge in [0.25, 0.3) is 0 Å². The zero-order valence-corrected chi connectivity index (χ0v) is 27.6. The van der Waals surface area contributed by atoms with E-state index < -0.39 is 0 Å². The van der Waals surface area contributed by atoms with Crippen molar-refractivity contribution in [3.63, 3.8) is 0 Å². The lowest BCUT2D eigenvalue weighted by Gasteiger charge is -2.33. The average Bonchev–Trinajstić information content (AvgIpc) is 3.66. The number of rotatable bonds is 14. The fraction of sp³-hybridized carbons (Fsp3) is 0.622. The number of allylic oxidation sites excluding steroid dienone is 3. The summed E-state index contributed by atoms with van der Waals surface area (Å²) >= 11 is 0. The lowest BCUT2D eigenvalue weighted by molar-refractivity contribution is 0.135. The number of unbranched alkanes of at least 4 members (excludes halogenated alkanes) is 1.